The van der Waals surface area contributed by atoms with Gasteiger partial charge in [-0.05, 0) is 38.8 Å². The third kappa shape index (κ3) is 5.08. The number of imidazole rings is 1. The number of piperidine rings is 1. The summed E-state index contributed by atoms with van der Waals surface area (Å²) in [5, 5.41) is 5.87. The van der Waals surface area contributed by atoms with Crippen LogP contribution in [0.4, 0.5) is 31.2 Å². The van der Waals surface area contributed by atoms with Crippen LogP contribution < -0.4 is 10.6 Å². The number of nitrogens with zero attached hydrogens (tertiary/aromatic N) is 5. The van der Waals surface area contributed by atoms with Crippen molar-refractivity contribution in [2.75, 3.05) is 23.7 Å². The van der Waals surface area contributed by atoms with E-state index in [9.17, 15) is 13.6 Å². The minimum absolute atomic E-state index is 0.0409. The highest BCUT2D eigenvalue weighted by molar-refractivity contribution is 6.30. The number of fused-ring (bicyclic) bond motifs is 1. The molecule has 1 atom stereocenters. The number of benzene rings is 1. The van der Waals surface area contributed by atoms with Crippen molar-refractivity contribution in [2.45, 2.75) is 38.8 Å². The van der Waals surface area contributed by atoms with Crippen molar-refractivity contribution in [3.63, 3.8) is 0 Å². The molecule has 2 aromatic heterocycles. The number of carbonyl (C=O) groups is 1. The summed E-state index contributed by atoms with van der Waals surface area (Å²) in [6.45, 7) is 4.74. The van der Waals surface area contributed by atoms with E-state index in [0.29, 0.717) is 30.2 Å². The molecule has 4 rings (SSSR count). The maximum atomic E-state index is 14.2. The summed E-state index contributed by atoms with van der Waals surface area (Å²) in [7, 11) is 1.67. The molecule has 9 nitrogen and oxygen atoms in total. The van der Waals surface area contributed by atoms with E-state index >= 15 is 0 Å². The second-order valence-electron chi connectivity index (χ2n) is 8.13. The molecule has 0 radical (unpaired) electrons. The Morgan fingerprint density at radius 1 is 1.27 bits per heavy atom. The lowest BCUT2D eigenvalue weighted by Crippen LogP contribution is -2.46. The Hall–Kier alpha value is -3.21. The highest BCUT2D eigenvalue weighted by Crippen LogP contribution is 2.28. The summed E-state index contributed by atoms with van der Waals surface area (Å²) in [5.41, 5.74) is 0.558. The fourth-order valence-corrected chi connectivity index (χ4v) is 3.85. The van der Waals surface area contributed by atoms with Gasteiger partial charge in [-0.1, -0.05) is 11.6 Å². The van der Waals surface area contributed by atoms with Crippen LogP contribution in [0.15, 0.2) is 18.3 Å². The topological polar surface area (TPSA) is 97.2 Å². The minimum Gasteiger partial charge on any atom is -0.447 e. The summed E-state index contributed by atoms with van der Waals surface area (Å²) < 4.78 is 35.2. The van der Waals surface area contributed by atoms with Crippen LogP contribution in [0.1, 0.15) is 26.7 Å². The number of carbonyl (C=O) groups excluding carboxylic acids is 1. The molecular weight excluding hydrogens is 456 g/mol. The molecule has 0 spiro atoms. The summed E-state index contributed by atoms with van der Waals surface area (Å²) in [6.07, 6.45) is 2.68. The molecule has 0 saturated carbocycles. The van der Waals surface area contributed by atoms with Crippen LogP contribution in [-0.2, 0) is 11.8 Å². The zero-order valence-corrected chi connectivity index (χ0v) is 19.2. The lowest BCUT2D eigenvalue weighted by molar-refractivity contribution is 0.0695. The Balaban J connectivity index is 1.51. The van der Waals surface area contributed by atoms with Crippen molar-refractivity contribution in [2.24, 2.45) is 7.05 Å². The second kappa shape index (κ2) is 9.34. The summed E-state index contributed by atoms with van der Waals surface area (Å²) in [5.74, 6) is -1.11. The van der Waals surface area contributed by atoms with Gasteiger partial charge in [0.2, 0.25) is 11.9 Å². The molecule has 1 amide bonds. The monoisotopic (exact) mass is 479 g/mol. The molecule has 12 heteroatoms. The summed E-state index contributed by atoms with van der Waals surface area (Å²) in [4.78, 5) is 27.0. The molecule has 33 heavy (non-hydrogen) atoms. The van der Waals surface area contributed by atoms with E-state index in [4.69, 9.17) is 16.3 Å². The van der Waals surface area contributed by atoms with Gasteiger partial charge in [-0.25, -0.2) is 23.5 Å². The molecule has 1 aliphatic heterocycles. The molecular formula is C21H24ClF2N7O2. The smallest absolute Gasteiger partial charge is 0.410 e. The molecule has 3 heterocycles. The maximum absolute atomic E-state index is 14.2. The highest BCUT2D eigenvalue weighted by atomic mass is 35.5. The Morgan fingerprint density at radius 2 is 2.00 bits per heavy atom. The van der Waals surface area contributed by atoms with Crippen molar-refractivity contribution in [3.05, 3.63) is 35.0 Å². The van der Waals surface area contributed by atoms with E-state index in [-0.39, 0.29) is 34.9 Å². The fraction of sp³-hybridized carbons (Fsp3) is 0.429. The van der Waals surface area contributed by atoms with Crippen molar-refractivity contribution in [1.29, 1.82) is 0 Å². The Kier molecular flexibility index (Phi) is 6.50. The SMILES string of the molecule is CC(C)OC(=O)N1CCC[C@@H](Nc2ncc3nc(Nc4c(F)cc(Cl)cc4F)n(C)c3n2)C1. The standard InChI is InChI=1S/C21H24ClF2N7O2/c1-11(2)33-21(32)31-6-4-5-13(10-31)26-19-25-9-16-18(29-19)30(3)20(27-16)28-17-14(23)7-12(22)8-15(17)24/h7-9,11,13H,4-6,10H2,1-3H3,(H,27,28)(H,25,26,29)/t13-/m1/s1. The molecule has 0 unspecified atom stereocenters. The van der Waals surface area contributed by atoms with Gasteiger partial charge in [-0.3, -0.25) is 4.57 Å². The van der Waals surface area contributed by atoms with Crippen molar-refractivity contribution >= 4 is 46.4 Å². The van der Waals surface area contributed by atoms with Gasteiger partial charge in [0.05, 0.1) is 12.3 Å². The molecule has 0 aliphatic carbocycles. The van der Waals surface area contributed by atoms with Crippen LogP contribution in [0.25, 0.3) is 11.2 Å². The van der Waals surface area contributed by atoms with Crippen LogP contribution in [-0.4, -0.2) is 55.7 Å². The van der Waals surface area contributed by atoms with E-state index < -0.39 is 11.6 Å². The number of nitrogens with one attached hydrogen (secondary N) is 2. The first-order valence-electron chi connectivity index (χ1n) is 10.5. The normalized spacial score (nSPS) is 16.3. The van der Waals surface area contributed by atoms with Crippen molar-refractivity contribution in [1.82, 2.24) is 24.4 Å². The van der Waals surface area contributed by atoms with Crippen LogP contribution in [0, 0.1) is 11.6 Å². The second-order valence-corrected chi connectivity index (χ2v) is 8.56. The Morgan fingerprint density at radius 3 is 2.70 bits per heavy atom. The number of aromatic nitrogens is 4. The van der Waals surface area contributed by atoms with Gasteiger partial charge in [-0.2, -0.15) is 4.98 Å². The van der Waals surface area contributed by atoms with E-state index in [1.165, 1.54) is 6.20 Å². The largest absolute Gasteiger partial charge is 0.447 e. The quantitative estimate of drug-likeness (QED) is 0.557. The van der Waals surface area contributed by atoms with Crippen LogP contribution in [0.3, 0.4) is 0 Å². The third-order valence-electron chi connectivity index (χ3n) is 5.20. The number of hydrogen-bond acceptors (Lipinski definition) is 7. The molecule has 0 bridgehead atoms. The predicted molar refractivity (Wildman–Crippen MR) is 121 cm³/mol. The zero-order chi connectivity index (χ0) is 23.7. The van der Waals surface area contributed by atoms with Gasteiger partial charge in [0, 0.05) is 31.2 Å². The van der Waals surface area contributed by atoms with Gasteiger partial charge in [0.25, 0.3) is 0 Å². The molecule has 3 aromatic rings. The van der Waals surface area contributed by atoms with Crippen molar-refractivity contribution < 1.29 is 18.3 Å². The molecule has 1 saturated heterocycles. The number of hydrogen-bond donors (Lipinski definition) is 2. The predicted octanol–water partition coefficient (Wildman–Crippen LogP) is 4.46. The highest BCUT2D eigenvalue weighted by Gasteiger charge is 2.26. The van der Waals surface area contributed by atoms with E-state index in [1.807, 2.05) is 13.8 Å². The van der Waals surface area contributed by atoms with Gasteiger partial charge in [0.1, 0.15) is 11.2 Å². The molecule has 1 fully saturated rings. The third-order valence-corrected chi connectivity index (χ3v) is 5.42. The average Bonchev–Trinajstić information content (AvgIpc) is 3.05. The average molecular weight is 480 g/mol. The van der Waals surface area contributed by atoms with Gasteiger partial charge >= 0.3 is 6.09 Å². The number of likely N-dealkylation sites (tertiary alicyclic amines) is 1. The number of aryl methyl sites for hydroxylation is 1. The maximum Gasteiger partial charge on any atom is 0.410 e. The first kappa shape index (κ1) is 23.0. The molecule has 1 aromatic carbocycles. The lowest BCUT2D eigenvalue weighted by atomic mass is 10.1. The van der Waals surface area contributed by atoms with Crippen LogP contribution >= 0.6 is 11.6 Å². The van der Waals surface area contributed by atoms with E-state index in [2.05, 4.69) is 25.6 Å². The number of rotatable bonds is 5. The first-order valence-corrected chi connectivity index (χ1v) is 10.9. The van der Waals surface area contributed by atoms with E-state index in [1.54, 1.807) is 16.5 Å². The number of amides is 1. The number of ether oxygens (including phenoxy) is 1. The van der Waals surface area contributed by atoms with Crippen molar-refractivity contribution in [3.8, 4) is 0 Å². The number of anilines is 3. The lowest BCUT2D eigenvalue weighted by Gasteiger charge is -2.32. The Labute approximate surface area is 194 Å². The molecule has 176 valence electrons. The van der Waals surface area contributed by atoms with Gasteiger partial charge in [0.15, 0.2) is 17.3 Å². The molecule has 1 aliphatic rings. The minimum atomic E-state index is -0.835. The first-order chi connectivity index (χ1) is 15.7. The fourth-order valence-electron chi connectivity index (χ4n) is 3.66. The molecule has 2 N–H and O–H groups in total. The van der Waals surface area contributed by atoms with Crippen LogP contribution in [0.5, 0.6) is 0 Å². The summed E-state index contributed by atoms with van der Waals surface area (Å²) in [6, 6.07) is 1.99. The summed E-state index contributed by atoms with van der Waals surface area (Å²) >= 11 is 5.68. The van der Waals surface area contributed by atoms with Gasteiger partial charge in [-0.15, -0.1) is 0 Å². The Bertz CT molecular complexity index is 1160. The van der Waals surface area contributed by atoms with Crippen LogP contribution in [0.2, 0.25) is 5.02 Å². The zero-order valence-electron chi connectivity index (χ0n) is 18.4. The van der Waals surface area contributed by atoms with E-state index in [0.717, 1.165) is 25.0 Å². The van der Waals surface area contributed by atoms with Gasteiger partial charge < -0.3 is 20.3 Å². The number of halogens is 3.